The number of para-hydroxylation sites is 2. The van der Waals surface area contributed by atoms with Crippen LogP contribution in [0.15, 0.2) is 34.3 Å². The maximum absolute atomic E-state index is 6.43. The van der Waals surface area contributed by atoms with E-state index in [0.29, 0.717) is 11.9 Å². The van der Waals surface area contributed by atoms with E-state index in [4.69, 9.17) is 16.5 Å². The van der Waals surface area contributed by atoms with Gasteiger partial charge in [-0.1, -0.05) is 31.4 Å². The Bertz CT molecular complexity index is 696. The Kier molecular flexibility index (Phi) is 4.74. The van der Waals surface area contributed by atoms with Crippen molar-refractivity contribution in [2.75, 3.05) is 22.9 Å². The summed E-state index contributed by atoms with van der Waals surface area (Å²) in [5.41, 5.74) is 14.4. The van der Waals surface area contributed by atoms with E-state index in [9.17, 15) is 0 Å². The van der Waals surface area contributed by atoms with Crippen LogP contribution in [0.4, 0.5) is 11.4 Å². The summed E-state index contributed by atoms with van der Waals surface area (Å²) in [6.45, 7) is 2.20. The van der Waals surface area contributed by atoms with Crippen molar-refractivity contribution in [3.8, 4) is 0 Å². The minimum Gasteiger partial charge on any atom is -0.370 e. The lowest BCUT2D eigenvalue weighted by molar-refractivity contribution is 0.305. The van der Waals surface area contributed by atoms with Crippen LogP contribution < -0.4 is 21.3 Å². The van der Waals surface area contributed by atoms with Crippen molar-refractivity contribution in [1.82, 2.24) is 0 Å². The van der Waals surface area contributed by atoms with Crippen LogP contribution in [0, 0.1) is 0 Å². The van der Waals surface area contributed by atoms with Gasteiger partial charge in [0.05, 0.1) is 11.4 Å². The number of anilines is 2. The van der Waals surface area contributed by atoms with Gasteiger partial charge in [-0.3, -0.25) is 4.90 Å². The molecule has 1 aromatic carbocycles. The standard InChI is InChI=1S/C20H30N6/c21-18-23-19(22)26(20(24-18)12-6-3-7-13-20)17-11-5-4-10-16(17)25-14-8-1-2-9-15-25/h4-5,10-11H,1-3,6-9,12-15H2,(H4,21,22,23,24). The van der Waals surface area contributed by atoms with Gasteiger partial charge in [0.15, 0.2) is 0 Å². The average molecular weight is 355 g/mol. The molecule has 0 aromatic heterocycles. The van der Waals surface area contributed by atoms with Crippen LogP contribution in [-0.2, 0) is 0 Å². The largest absolute Gasteiger partial charge is 0.370 e. The zero-order chi connectivity index (χ0) is 18.0. The highest BCUT2D eigenvalue weighted by molar-refractivity contribution is 6.07. The van der Waals surface area contributed by atoms with Crippen molar-refractivity contribution in [3.05, 3.63) is 24.3 Å². The summed E-state index contributed by atoms with van der Waals surface area (Å²) < 4.78 is 0. The summed E-state index contributed by atoms with van der Waals surface area (Å²) in [6.07, 6.45) is 10.6. The Morgan fingerprint density at radius 3 is 2.12 bits per heavy atom. The number of benzene rings is 1. The molecule has 0 unspecified atom stereocenters. The number of nitrogens with two attached hydrogens (primary N) is 2. The lowest BCUT2D eigenvalue weighted by Gasteiger charge is -2.46. The number of rotatable bonds is 2. The Balaban J connectivity index is 1.77. The van der Waals surface area contributed by atoms with Crippen LogP contribution in [0.5, 0.6) is 0 Å². The van der Waals surface area contributed by atoms with Crippen molar-refractivity contribution in [2.24, 2.45) is 21.5 Å². The highest BCUT2D eigenvalue weighted by Crippen LogP contribution is 2.42. The highest BCUT2D eigenvalue weighted by atomic mass is 15.4. The van der Waals surface area contributed by atoms with E-state index in [0.717, 1.165) is 44.5 Å². The molecule has 1 spiro atoms. The first kappa shape index (κ1) is 17.2. The lowest BCUT2D eigenvalue weighted by atomic mass is 9.87. The molecule has 4 N–H and O–H groups in total. The van der Waals surface area contributed by atoms with Gasteiger partial charge in [-0.25, -0.2) is 4.99 Å². The van der Waals surface area contributed by atoms with Gasteiger partial charge in [0.25, 0.3) is 0 Å². The topological polar surface area (TPSA) is 83.2 Å². The van der Waals surface area contributed by atoms with Gasteiger partial charge in [0.2, 0.25) is 11.9 Å². The molecule has 4 rings (SSSR count). The third-order valence-corrected chi connectivity index (χ3v) is 5.92. The van der Waals surface area contributed by atoms with Crippen LogP contribution in [0.25, 0.3) is 0 Å². The average Bonchev–Trinajstić information content (AvgIpc) is 2.91. The third kappa shape index (κ3) is 3.13. The summed E-state index contributed by atoms with van der Waals surface area (Å²) in [5, 5.41) is 0. The maximum atomic E-state index is 6.43. The molecule has 26 heavy (non-hydrogen) atoms. The zero-order valence-corrected chi connectivity index (χ0v) is 15.5. The van der Waals surface area contributed by atoms with E-state index >= 15 is 0 Å². The molecule has 3 aliphatic rings. The molecule has 0 bridgehead atoms. The summed E-state index contributed by atoms with van der Waals surface area (Å²) in [7, 11) is 0. The first-order valence-electron chi connectivity index (χ1n) is 10.0. The summed E-state index contributed by atoms with van der Waals surface area (Å²) in [6, 6.07) is 8.58. The first-order valence-corrected chi connectivity index (χ1v) is 10.0. The molecule has 1 aliphatic carbocycles. The van der Waals surface area contributed by atoms with Crippen molar-refractivity contribution < 1.29 is 0 Å². The minimum atomic E-state index is -0.379. The molecule has 6 heteroatoms. The van der Waals surface area contributed by atoms with E-state index < -0.39 is 0 Å². The second-order valence-corrected chi connectivity index (χ2v) is 7.71. The molecule has 0 atom stereocenters. The fourth-order valence-electron chi connectivity index (χ4n) is 4.70. The van der Waals surface area contributed by atoms with Crippen LogP contribution in [0.2, 0.25) is 0 Å². The van der Waals surface area contributed by atoms with Gasteiger partial charge in [0.1, 0.15) is 5.66 Å². The smallest absolute Gasteiger partial charge is 0.220 e. The van der Waals surface area contributed by atoms with E-state index in [1.807, 2.05) is 0 Å². The zero-order valence-electron chi connectivity index (χ0n) is 15.5. The van der Waals surface area contributed by atoms with E-state index in [2.05, 4.69) is 39.1 Å². The Hall–Kier alpha value is -2.24. The number of hydrogen-bond acceptors (Lipinski definition) is 6. The molecule has 2 fully saturated rings. The summed E-state index contributed by atoms with van der Waals surface area (Å²) in [4.78, 5) is 13.8. The number of nitrogens with zero attached hydrogens (tertiary/aromatic N) is 4. The van der Waals surface area contributed by atoms with Gasteiger partial charge in [-0.05, 0) is 50.7 Å². The molecule has 2 heterocycles. The summed E-state index contributed by atoms with van der Waals surface area (Å²) >= 11 is 0. The van der Waals surface area contributed by atoms with Crippen LogP contribution in [0.3, 0.4) is 0 Å². The molecular formula is C20H30N6. The second kappa shape index (κ2) is 7.17. The monoisotopic (exact) mass is 354 g/mol. The molecule has 0 amide bonds. The highest BCUT2D eigenvalue weighted by Gasteiger charge is 2.43. The van der Waals surface area contributed by atoms with Gasteiger partial charge >= 0.3 is 0 Å². The molecule has 140 valence electrons. The molecule has 6 nitrogen and oxygen atoms in total. The van der Waals surface area contributed by atoms with Crippen molar-refractivity contribution >= 4 is 23.3 Å². The van der Waals surface area contributed by atoms with E-state index in [1.165, 1.54) is 37.8 Å². The Labute approximate surface area is 156 Å². The van der Waals surface area contributed by atoms with Crippen molar-refractivity contribution in [3.63, 3.8) is 0 Å². The predicted molar refractivity (Wildman–Crippen MR) is 109 cm³/mol. The van der Waals surface area contributed by atoms with Crippen LogP contribution >= 0.6 is 0 Å². The fourth-order valence-corrected chi connectivity index (χ4v) is 4.70. The predicted octanol–water partition coefficient (Wildman–Crippen LogP) is 3.18. The van der Waals surface area contributed by atoms with Crippen LogP contribution in [0.1, 0.15) is 57.8 Å². The number of aliphatic imine (C=N–C) groups is 2. The molecule has 1 aromatic rings. The number of guanidine groups is 2. The number of hydrogen-bond donors (Lipinski definition) is 2. The summed E-state index contributed by atoms with van der Waals surface area (Å²) in [5.74, 6) is 0.787. The van der Waals surface area contributed by atoms with Crippen molar-refractivity contribution in [1.29, 1.82) is 0 Å². The van der Waals surface area contributed by atoms with Gasteiger partial charge in [0, 0.05) is 13.1 Å². The van der Waals surface area contributed by atoms with E-state index in [-0.39, 0.29) is 5.66 Å². The van der Waals surface area contributed by atoms with Gasteiger partial charge in [-0.15, -0.1) is 0 Å². The molecule has 2 aliphatic heterocycles. The van der Waals surface area contributed by atoms with Crippen LogP contribution in [-0.4, -0.2) is 30.7 Å². The lowest BCUT2D eigenvalue weighted by Crippen LogP contribution is -2.58. The van der Waals surface area contributed by atoms with E-state index in [1.54, 1.807) is 0 Å². The molecule has 0 radical (unpaired) electrons. The second-order valence-electron chi connectivity index (χ2n) is 7.71. The van der Waals surface area contributed by atoms with Crippen molar-refractivity contribution in [2.45, 2.75) is 63.5 Å². The first-order chi connectivity index (χ1) is 12.7. The molecule has 1 saturated heterocycles. The Morgan fingerprint density at radius 2 is 1.42 bits per heavy atom. The van der Waals surface area contributed by atoms with Gasteiger partial charge < -0.3 is 16.4 Å². The molecular weight excluding hydrogens is 324 g/mol. The fraction of sp³-hybridized carbons (Fsp3) is 0.600. The quantitative estimate of drug-likeness (QED) is 0.854. The SMILES string of the molecule is NC1=NC2(CCCCC2)N(c2ccccc2N2CCCCCC2)C(N)=N1. The van der Waals surface area contributed by atoms with Gasteiger partial charge in [-0.2, -0.15) is 4.99 Å². The third-order valence-electron chi connectivity index (χ3n) is 5.92. The minimum absolute atomic E-state index is 0.313. The maximum Gasteiger partial charge on any atom is 0.220 e. The normalized spacial score (nSPS) is 23.4. The Morgan fingerprint density at radius 1 is 0.808 bits per heavy atom. The molecule has 1 saturated carbocycles.